The van der Waals surface area contributed by atoms with Crippen molar-refractivity contribution in [2.45, 2.75) is 32.9 Å². The van der Waals surface area contributed by atoms with E-state index in [-0.39, 0.29) is 17.8 Å². The maximum atomic E-state index is 10.7. The molecule has 3 N–H and O–H groups in total. The smallest absolute Gasteiger partial charge is 0.123 e. The molecule has 0 unspecified atom stereocenters. The van der Waals surface area contributed by atoms with Crippen molar-refractivity contribution in [3.8, 4) is 16.9 Å². The van der Waals surface area contributed by atoms with Crippen LogP contribution in [0.15, 0.2) is 121 Å². The Balaban J connectivity index is 1.64. The zero-order chi connectivity index (χ0) is 26.5. The molecule has 0 aromatic heterocycles. The van der Waals surface area contributed by atoms with Gasteiger partial charge in [0.1, 0.15) is 5.75 Å². The molecule has 190 valence electrons. The molecular weight excluding hydrogens is 464 g/mol. The molecule has 0 aliphatic heterocycles. The molecule has 3 heteroatoms. The Morgan fingerprint density at radius 2 is 1.00 bits per heavy atom. The van der Waals surface area contributed by atoms with Crippen LogP contribution in [0.2, 0.25) is 0 Å². The first-order valence-corrected chi connectivity index (χ1v) is 13.1. The largest absolute Gasteiger partial charge is 0.507 e. The molecule has 38 heavy (non-hydrogen) atoms. The van der Waals surface area contributed by atoms with Gasteiger partial charge in [0.25, 0.3) is 0 Å². The van der Waals surface area contributed by atoms with Crippen LogP contribution in [0.1, 0.15) is 39.9 Å². The molecule has 2 atom stereocenters. The number of nitrogens with one attached hydrogen (secondary N) is 2. The van der Waals surface area contributed by atoms with Crippen molar-refractivity contribution in [3.05, 3.63) is 149 Å². The van der Waals surface area contributed by atoms with Crippen LogP contribution in [0.5, 0.6) is 5.75 Å². The monoisotopic (exact) mass is 498 g/mol. The number of aryl methyl sites for hydroxylation is 3. The number of hydrogen-bond donors (Lipinski definition) is 3. The van der Waals surface area contributed by atoms with E-state index in [1.807, 2.05) is 30.3 Å². The molecule has 0 spiro atoms. The lowest BCUT2D eigenvalue weighted by atomic mass is 9.91. The van der Waals surface area contributed by atoms with Gasteiger partial charge in [-0.15, -0.1) is 0 Å². The minimum absolute atomic E-state index is 0.0730. The van der Waals surface area contributed by atoms with Crippen molar-refractivity contribution in [1.29, 1.82) is 0 Å². The first kappa shape index (κ1) is 25.2. The highest BCUT2D eigenvalue weighted by atomic mass is 16.3. The van der Waals surface area contributed by atoms with E-state index in [4.69, 9.17) is 0 Å². The van der Waals surface area contributed by atoms with E-state index >= 15 is 0 Å². The third kappa shape index (κ3) is 5.42. The molecule has 5 aromatic carbocycles. The molecule has 0 saturated carbocycles. The molecule has 0 bridgehead atoms. The lowest BCUT2D eigenvalue weighted by Gasteiger charge is -2.33. The van der Waals surface area contributed by atoms with Crippen LogP contribution in [0.4, 0.5) is 11.4 Å². The minimum atomic E-state index is -0.106. The van der Waals surface area contributed by atoms with Crippen LogP contribution in [0.25, 0.3) is 11.1 Å². The quantitative estimate of drug-likeness (QED) is 0.200. The van der Waals surface area contributed by atoms with Crippen LogP contribution < -0.4 is 10.6 Å². The topological polar surface area (TPSA) is 44.3 Å². The lowest BCUT2D eigenvalue weighted by molar-refractivity contribution is 0.477. The molecule has 5 rings (SSSR count). The molecule has 5 aromatic rings. The van der Waals surface area contributed by atoms with E-state index in [0.717, 1.165) is 22.5 Å². The Kier molecular flexibility index (Phi) is 7.46. The van der Waals surface area contributed by atoms with Gasteiger partial charge in [-0.05, 0) is 55.2 Å². The van der Waals surface area contributed by atoms with Crippen molar-refractivity contribution in [1.82, 2.24) is 0 Å². The third-order valence-corrected chi connectivity index (χ3v) is 7.06. The summed E-state index contributed by atoms with van der Waals surface area (Å²) in [5, 5.41) is 18.5. The average Bonchev–Trinajstić information content (AvgIpc) is 2.93. The summed E-state index contributed by atoms with van der Waals surface area (Å²) in [6.07, 6.45) is 0. The van der Waals surface area contributed by atoms with Crippen LogP contribution in [0.3, 0.4) is 0 Å². The number of phenols is 1. The normalized spacial score (nSPS) is 12.5. The minimum Gasteiger partial charge on any atom is -0.507 e. The summed E-state index contributed by atoms with van der Waals surface area (Å²) in [5.41, 5.74) is 9.95. The second kappa shape index (κ2) is 11.3. The molecule has 0 heterocycles. The lowest BCUT2D eigenvalue weighted by Crippen LogP contribution is -2.26. The van der Waals surface area contributed by atoms with E-state index in [1.165, 1.54) is 27.8 Å². The van der Waals surface area contributed by atoms with Gasteiger partial charge in [-0.3, -0.25) is 0 Å². The van der Waals surface area contributed by atoms with Gasteiger partial charge in [0.15, 0.2) is 0 Å². The number of para-hydroxylation sites is 2. The molecule has 0 fully saturated rings. The second-order valence-electron chi connectivity index (χ2n) is 9.90. The number of phenolic OH excluding ortho intramolecular Hbond substituents is 1. The van der Waals surface area contributed by atoms with Gasteiger partial charge in [0.2, 0.25) is 0 Å². The fraction of sp³-hybridized carbons (Fsp3) is 0.143. The van der Waals surface area contributed by atoms with Crippen molar-refractivity contribution in [3.63, 3.8) is 0 Å². The number of aromatic hydroxyl groups is 1. The highest BCUT2D eigenvalue weighted by Gasteiger charge is 2.27. The molecule has 3 nitrogen and oxygen atoms in total. The summed E-state index contributed by atoms with van der Waals surface area (Å²) in [6.45, 7) is 6.48. The first-order chi connectivity index (χ1) is 18.5. The highest BCUT2D eigenvalue weighted by molar-refractivity contribution is 5.81. The maximum absolute atomic E-state index is 10.7. The highest BCUT2D eigenvalue weighted by Crippen LogP contribution is 2.40. The Morgan fingerprint density at radius 1 is 0.526 bits per heavy atom. The predicted octanol–water partition coefficient (Wildman–Crippen LogP) is 8.99. The SMILES string of the molecule is Cc1cc(C)c(N[C@H](c2ccccc2)[C@H](Nc2ccccc2-c2ccccc2O)c2ccccc2)c(C)c1. The maximum Gasteiger partial charge on any atom is 0.123 e. The number of benzene rings is 5. The summed E-state index contributed by atoms with van der Waals surface area (Å²) in [4.78, 5) is 0. The van der Waals surface area contributed by atoms with Gasteiger partial charge in [-0.25, -0.2) is 0 Å². The van der Waals surface area contributed by atoms with E-state index < -0.39 is 0 Å². The molecule has 0 saturated heterocycles. The fourth-order valence-electron chi connectivity index (χ4n) is 5.31. The van der Waals surface area contributed by atoms with E-state index in [0.29, 0.717) is 0 Å². The Hall–Kier alpha value is -4.50. The van der Waals surface area contributed by atoms with Crippen LogP contribution >= 0.6 is 0 Å². The second-order valence-corrected chi connectivity index (χ2v) is 9.90. The standard InChI is InChI=1S/C35H34N2O/c1-24-22-25(2)33(26(3)23-24)37-35(28-16-8-5-9-17-28)34(27-14-6-4-7-15-27)36-31-20-12-10-18-29(31)30-19-11-13-21-32(30)38/h4-23,34-38H,1-3H3/t34-,35-/m1/s1. The summed E-state index contributed by atoms with van der Waals surface area (Å²) < 4.78 is 0. The summed E-state index contributed by atoms with van der Waals surface area (Å²) in [7, 11) is 0. The Bertz CT molecular complexity index is 1490. The van der Waals surface area contributed by atoms with Gasteiger partial charge >= 0.3 is 0 Å². The van der Waals surface area contributed by atoms with Crippen LogP contribution in [-0.2, 0) is 0 Å². The number of rotatable bonds is 8. The van der Waals surface area contributed by atoms with Gasteiger partial charge in [-0.2, -0.15) is 0 Å². The number of hydrogen-bond acceptors (Lipinski definition) is 3. The fourth-order valence-corrected chi connectivity index (χ4v) is 5.31. The summed E-state index contributed by atoms with van der Waals surface area (Å²) in [5.74, 6) is 0.265. The zero-order valence-electron chi connectivity index (χ0n) is 22.1. The van der Waals surface area contributed by atoms with Gasteiger partial charge < -0.3 is 15.7 Å². The van der Waals surface area contributed by atoms with Crippen molar-refractivity contribution in [2.24, 2.45) is 0 Å². The molecule has 0 aliphatic rings. The number of anilines is 2. The Labute approximate surface area is 225 Å². The zero-order valence-corrected chi connectivity index (χ0v) is 22.1. The molecule has 0 aliphatic carbocycles. The molecular formula is C35H34N2O. The van der Waals surface area contributed by atoms with E-state index in [9.17, 15) is 5.11 Å². The van der Waals surface area contributed by atoms with Crippen molar-refractivity contribution >= 4 is 11.4 Å². The third-order valence-electron chi connectivity index (χ3n) is 7.06. The summed E-state index contributed by atoms with van der Waals surface area (Å²) in [6, 6.07) is 41.2. The van der Waals surface area contributed by atoms with Crippen LogP contribution in [-0.4, -0.2) is 5.11 Å². The van der Waals surface area contributed by atoms with E-state index in [2.05, 4.69) is 116 Å². The van der Waals surface area contributed by atoms with Gasteiger partial charge in [-0.1, -0.05) is 115 Å². The predicted molar refractivity (Wildman–Crippen MR) is 160 cm³/mol. The molecule has 0 radical (unpaired) electrons. The summed E-state index contributed by atoms with van der Waals surface area (Å²) >= 11 is 0. The van der Waals surface area contributed by atoms with Crippen LogP contribution in [0, 0.1) is 20.8 Å². The molecule has 0 amide bonds. The van der Waals surface area contributed by atoms with Crippen molar-refractivity contribution < 1.29 is 5.11 Å². The van der Waals surface area contributed by atoms with E-state index in [1.54, 1.807) is 6.07 Å². The average molecular weight is 499 g/mol. The van der Waals surface area contributed by atoms with Gasteiger partial charge in [0.05, 0.1) is 12.1 Å². The first-order valence-electron chi connectivity index (χ1n) is 13.1. The van der Waals surface area contributed by atoms with Crippen molar-refractivity contribution in [2.75, 3.05) is 10.6 Å². The Morgan fingerprint density at radius 3 is 1.58 bits per heavy atom. The van der Waals surface area contributed by atoms with Gasteiger partial charge in [0, 0.05) is 22.5 Å².